The van der Waals surface area contributed by atoms with Crippen molar-refractivity contribution >= 4 is 15.9 Å². The minimum absolute atomic E-state index is 0.732. The molecule has 1 aliphatic carbocycles. The van der Waals surface area contributed by atoms with E-state index in [9.17, 15) is 0 Å². The van der Waals surface area contributed by atoms with Gasteiger partial charge in [0.15, 0.2) is 0 Å². The van der Waals surface area contributed by atoms with Crippen molar-refractivity contribution in [3.8, 4) is 0 Å². The highest BCUT2D eigenvalue weighted by Crippen LogP contribution is 2.24. The Balaban J connectivity index is 1.83. The van der Waals surface area contributed by atoms with Gasteiger partial charge in [0.05, 0.1) is 0 Å². The molecule has 0 amide bonds. The SMILES string of the molecule is Cc1cc(CNC2CCC(C)CC2)ccc1Br. The second kappa shape index (κ2) is 6.01. The Morgan fingerprint density at radius 3 is 2.59 bits per heavy atom. The van der Waals surface area contributed by atoms with Crippen LogP contribution >= 0.6 is 15.9 Å². The van der Waals surface area contributed by atoms with Gasteiger partial charge < -0.3 is 5.32 Å². The monoisotopic (exact) mass is 295 g/mol. The van der Waals surface area contributed by atoms with Crippen LogP contribution in [0, 0.1) is 12.8 Å². The topological polar surface area (TPSA) is 12.0 Å². The van der Waals surface area contributed by atoms with Gasteiger partial charge in [-0.1, -0.05) is 35.0 Å². The molecule has 0 aromatic heterocycles. The van der Waals surface area contributed by atoms with Crippen molar-refractivity contribution in [2.24, 2.45) is 5.92 Å². The van der Waals surface area contributed by atoms with Gasteiger partial charge >= 0.3 is 0 Å². The maximum Gasteiger partial charge on any atom is 0.0208 e. The molecule has 1 saturated carbocycles. The first-order chi connectivity index (χ1) is 8.15. The second-order valence-electron chi connectivity index (χ2n) is 5.42. The van der Waals surface area contributed by atoms with Crippen LogP contribution in [0.3, 0.4) is 0 Å². The van der Waals surface area contributed by atoms with Gasteiger partial charge in [-0.25, -0.2) is 0 Å². The highest BCUT2D eigenvalue weighted by molar-refractivity contribution is 9.10. The Bertz CT molecular complexity index is 367. The number of hydrogen-bond acceptors (Lipinski definition) is 1. The van der Waals surface area contributed by atoms with E-state index in [1.54, 1.807) is 0 Å². The van der Waals surface area contributed by atoms with Gasteiger partial charge in [0.1, 0.15) is 0 Å². The van der Waals surface area contributed by atoms with E-state index >= 15 is 0 Å². The average Bonchev–Trinajstić information content (AvgIpc) is 2.33. The zero-order valence-corrected chi connectivity index (χ0v) is 12.4. The van der Waals surface area contributed by atoms with Gasteiger partial charge in [-0.2, -0.15) is 0 Å². The predicted molar refractivity (Wildman–Crippen MR) is 77.1 cm³/mol. The van der Waals surface area contributed by atoms with Crippen LogP contribution in [0.4, 0.5) is 0 Å². The fourth-order valence-corrected chi connectivity index (χ4v) is 2.79. The lowest BCUT2D eigenvalue weighted by Crippen LogP contribution is -2.32. The number of nitrogens with one attached hydrogen (secondary N) is 1. The summed E-state index contributed by atoms with van der Waals surface area (Å²) in [6.07, 6.45) is 5.46. The molecule has 0 spiro atoms. The Morgan fingerprint density at radius 2 is 1.94 bits per heavy atom. The lowest BCUT2D eigenvalue weighted by Gasteiger charge is -2.27. The number of hydrogen-bond donors (Lipinski definition) is 1. The molecule has 0 aliphatic heterocycles. The molecule has 0 radical (unpaired) electrons. The van der Waals surface area contributed by atoms with Gasteiger partial charge in [-0.3, -0.25) is 0 Å². The van der Waals surface area contributed by atoms with E-state index in [1.807, 2.05) is 0 Å². The van der Waals surface area contributed by atoms with Crippen molar-refractivity contribution in [2.45, 2.75) is 52.1 Å². The smallest absolute Gasteiger partial charge is 0.0208 e. The van der Waals surface area contributed by atoms with E-state index in [-0.39, 0.29) is 0 Å². The van der Waals surface area contributed by atoms with Gasteiger partial charge in [-0.05, 0) is 55.7 Å². The van der Waals surface area contributed by atoms with Crippen molar-refractivity contribution < 1.29 is 0 Å². The van der Waals surface area contributed by atoms with Crippen LogP contribution in [0.15, 0.2) is 22.7 Å². The molecule has 0 unspecified atom stereocenters. The van der Waals surface area contributed by atoms with Gasteiger partial charge in [0.25, 0.3) is 0 Å². The van der Waals surface area contributed by atoms with Crippen LogP contribution in [0.5, 0.6) is 0 Å². The van der Waals surface area contributed by atoms with Crippen LogP contribution in [0.1, 0.15) is 43.7 Å². The number of benzene rings is 1. The lowest BCUT2D eigenvalue weighted by atomic mass is 9.87. The van der Waals surface area contributed by atoms with E-state index in [4.69, 9.17) is 0 Å². The fourth-order valence-electron chi connectivity index (χ4n) is 2.54. The predicted octanol–water partition coefficient (Wildman–Crippen LogP) is 4.43. The summed E-state index contributed by atoms with van der Waals surface area (Å²) in [6.45, 7) is 5.53. The van der Waals surface area contributed by atoms with Crippen molar-refractivity contribution in [3.05, 3.63) is 33.8 Å². The lowest BCUT2D eigenvalue weighted by molar-refractivity contribution is 0.306. The molecule has 0 saturated heterocycles. The fraction of sp³-hybridized carbons (Fsp3) is 0.600. The van der Waals surface area contributed by atoms with Crippen molar-refractivity contribution in [2.75, 3.05) is 0 Å². The van der Waals surface area contributed by atoms with Crippen LogP contribution in [0.25, 0.3) is 0 Å². The summed E-state index contributed by atoms with van der Waals surface area (Å²) in [6, 6.07) is 7.35. The molecule has 0 atom stereocenters. The minimum atomic E-state index is 0.732. The molecule has 0 bridgehead atoms. The number of aryl methyl sites for hydroxylation is 1. The largest absolute Gasteiger partial charge is 0.310 e. The molecule has 1 aromatic rings. The summed E-state index contributed by atoms with van der Waals surface area (Å²) < 4.78 is 1.20. The Hall–Kier alpha value is -0.340. The number of rotatable bonds is 3. The molecule has 17 heavy (non-hydrogen) atoms. The third kappa shape index (κ3) is 3.82. The van der Waals surface area contributed by atoms with E-state index in [0.29, 0.717) is 0 Å². The summed E-state index contributed by atoms with van der Waals surface area (Å²) in [7, 11) is 0. The molecule has 0 heterocycles. The van der Waals surface area contributed by atoms with Crippen LogP contribution in [0.2, 0.25) is 0 Å². The molecule has 1 aliphatic rings. The van der Waals surface area contributed by atoms with Crippen molar-refractivity contribution in [3.63, 3.8) is 0 Å². The first-order valence-corrected chi connectivity index (χ1v) is 7.43. The van der Waals surface area contributed by atoms with Gasteiger partial charge in [0.2, 0.25) is 0 Å². The highest BCUT2D eigenvalue weighted by atomic mass is 79.9. The van der Waals surface area contributed by atoms with E-state index in [1.165, 1.54) is 41.3 Å². The molecular formula is C15H22BrN. The van der Waals surface area contributed by atoms with Crippen LogP contribution in [-0.2, 0) is 6.54 Å². The molecule has 1 N–H and O–H groups in total. The van der Waals surface area contributed by atoms with Gasteiger partial charge in [-0.15, -0.1) is 0 Å². The third-order valence-electron chi connectivity index (χ3n) is 3.83. The minimum Gasteiger partial charge on any atom is -0.310 e. The number of halogens is 1. The quantitative estimate of drug-likeness (QED) is 0.870. The molecule has 94 valence electrons. The molecule has 1 aromatic carbocycles. The summed E-state index contributed by atoms with van der Waals surface area (Å²) in [5.74, 6) is 0.933. The maximum absolute atomic E-state index is 3.69. The average molecular weight is 296 g/mol. The Kier molecular flexibility index (Phi) is 4.63. The summed E-state index contributed by atoms with van der Waals surface area (Å²) in [4.78, 5) is 0. The zero-order chi connectivity index (χ0) is 12.3. The van der Waals surface area contributed by atoms with Gasteiger partial charge in [0, 0.05) is 17.1 Å². The second-order valence-corrected chi connectivity index (χ2v) is 6.28. The van der Waals surface area contributed by atoms with Crippen LogP contribution < -0.4 is 5.32 Å². The molecule has 1 fully saturated rings. The van der Waals surface area contributed by atoms with E-state index in [2.05, 4.69) is 53.3 Å². The maximum atomic E-state index is 3.69. The normalized spacial score (nSPS) is 24.9. The highest BCUT2D eigenvalue weighted by Gasteiger charge is 2.17. The van der Waals surface area contributed by atoms with Crippen molar-refractivity contribution in [1.29, 1.82) is 0 Å². The summed E-state index contributed by atoms with van der Waals surface area (Å²) in [5.41, 5.74) is 2.71. The molecular weight excluding hydrogens is 274 g/mol. The molecule has 2 rings (SSSR count). The van der Waals surface area contributed by atoms with E-state index in [0.717, 1.165) is 18.5 Å². The summed E-state index contributed by atoms with van der Waals surface area (Å²) >= 11 is 3.54. The molecule has 1 nitrogen and oxygen atoms in total. The van der Waals surface area contributed by atoms with Crippen LogP contribution in [-0.4, -0.2) is 6.04 Å². The first kappa shape index (κ1) is 13.1. The third-order valence-corrected chi connectivity index (χ3v) is 4.72. The first-order valence-electron chi connectivity index (χ1n) is 6.63. The standard InChI is InChI=1S/C15H22BrN/c1-11-3-6-14(7-4-11)17-10-13-5-8-15(16)12(2)9-13/h5,8-9,11,14,17H,3-4,6-7,10H2,1-2H3. The van der Waals surface area contributed by atoms with E-state index < -0.39 is 0 Å². The molecule has 2 heteroatoms. The Morgan fingerprint density at radius 1 is 1.24 bits per heavy atom. The summed E-state index contributed by atoms with van der Waals surface area (Å²) in [5, 5.41) is 3.69. The zero-order valence-electron chi connectivity index (χ0n) is 10.8. The Labute approximate surface area is 113 Å². The van der Waals surface area contributed by atoms with Crippen molar-refractivity contribution in [1.82, 2.24) is 5.32 Å².